The molecule has 0 aromatic heterocycles. The molecule has 3 rings (SSSR count). The average molecular weight is 537 g/mol. The number of likely N-dealkylation sites (N-methyl/N-ethyl adjacent to an activating group) is 1. The maximum absolute atomic E-state index is 13.9. The van der Waals surface area contributed by atoms with Crippen LogP contribution in [0.1, 0.15) is 45.6 Å². The van der Waals surface area contributed by atoms with Crippen molar-refractivity contribution in [1.82, 2.24) is 9.80 Å². The number of carbonyl (C=O) groups is 2. The van der Waals surface area contributed by atoms with Crippen LogP contribution in [-0.2, 0) is 14.3 Å². The summed E-state index contributed by atoms with van der Waals surface area (Å²) < 4.78 is 25.6. The van der Waals surface area contributed by atoms with Crippen molar-refractivity contribution >= 4 is 29.7 Å². The van der Waals surface area contributed by atoms with E-state index >= 15 is 0 Å². The Morgan fingerprint density at radius 3 is 2.54 bits per heavy atom. The molecule has 7 nitrogen and oxygen atoms in total. The molecule has 2 aliphatic heterocycles. The Morgan fingerprint density at radius 1 is 1.16 bits per heavy atom. The van der Waals surface area contributed by atoms with Crippen LogP contribution in [-0.4, -0.2) is 78.5 Å². The van der Waals surface area contributed by atoms with Crippen LogP contribution in [0, 0.1) is 17.7 Å². The maximum atomic E-state index is 13.9. The lowest BCUT2D eigenvalue weighted by Crippen LogP contribution is -2.48. The van der Waals surface area contributed by atoms with Crippen LogP contribution in [0.4, 0.5) is 9.18 Å². The summed E-state index contributed by atoms with van der Waals surface area (Å²) in [6, 6.07) is 4.21. The monoisotopic (exact) mass is 536 g/mol. The molecule has 0 bridgehead atoms. The number of esters is 1. The van der Waals surface area contributed by atoms with Crippen molar-refractivity contribution in [3.8, 4) is 0 Å². The standard InChI is InChI=1S/C28H38ClFN2O5/c1-18-5-7-24(33)17-26(34)37-27(20(3)13-21-14-22(29)16-23(30)15-21)19(2)6-8-25(18)36-28(35)32-11-9-31(4)10-12-32/h6,8,13-16,18-19,24-25,27,33H,5,7,9-12,17H2,1-4H3/b8-6+,20-13+/t18-,19-,24+,25-,27-/m0/s1. The van der Waals surface area contributed by atoms with Crippen molar-refractivity contribution < 1.29 is 28.6 Å². The largest absolute Gasteiger partial charge is 0.457 e. The summed E-state index contributed by atoms with van der Waals surface area (Å²) in [6.45, 7) is 8.49. The molecule has 0 spiro atoms. The van der Waals surface area contributed by atoms with E-state index in [1.54, 1.807) is 24.0 Å². The van der Waals surface area contributed by atoms with E-state index < -0.39 is 30.1 Å². The fraction of sp³-hybridized carbons (Fsp3) is 0.571. The Labute approximate surface area is 223 Å². The number of aliphatic hydroxyl groups is 1. The summed E-state index contributed by atoms with van der Waals surface area (Å²) in [7, 11) is 2.02. The lowest BCUT2D eigenvalue weighted by Gasteiger charge is -2.33. The molecule has 9 heteroatoms. The van der Waals surface area contributed by atoms with Crippen LogP contribution in [0.25, 0.3) is 6.08 Å². The topological polar surface area (TPSA) is 79.3 Å². The van der Waals surface area contributed by atoms with Gasteiger partial charge in [-0.1, -0.05) is 37.6 Å². The van der Waals surface area contributed by atoms with Crippen molar-refractivity contribution in [3.05, 3.63) is 52.3 Å². The highest BCUT2D eigenvalue weighted by Gasteiger charge is 2.29. The highest BCUT2D eigenvalue weighted by molar-refractivity contribution is 6.30. The molecule has 0 aliphatic carbocycles. The molecule has 2 aliphatic rings. The number of hydrogen-bond donors (Lipinski definition) is 1. The van der Waals surface area contributed by atoms with Crippen LogP contribution >= 0.6 is 11.6 Å². The molecule has 1 fully saturated rings. The molecular formula is C28H38ClFN2O5. The van der Waals surface area contributed by atoms with E-state index in [0.29, 0.717) is 37.1 Å². The van der Waals surface area contributed by atoms with Crippen LogP contribution in [0.5, 0.6) is 0 Å². The van der Waals surface area contributed by atoms with Gasteiger partial charge in [-0.2, -0.15) is 0 Å². The Kier molecular flexibility index (Phi) is 10.6. The van der Waals surface area contributed by atoms with Gasteiger partial charge in [0, 0.05) is 37.1 Å². The fourth-order valence-electron chi connectivity index (χ4n) is 4.63. The van der Waals surface area contributed by atoms with E-state index in [1.165, 1.54) is 12.1 Å². The Morgan fingerprint density at radius 2 is 1.86 bits per heavy atom. The second-order valence-corrected chi connectivity index (χ2v) is 10.7. The van der Waals surface area contributed by atoms with Gasteiger partial charge in [0.15, 0.2) is 0 Å². The molecule has 5 atom stereocenters. The number of amides is 1. The number of rotatable bonds is 3. The van der Waals surface area contributed by atoms with Gasteiger partial charge in [0.2, 0.25) is 0 Å². The average Bonchev–Trinajstić information content (AvgIpc) is 2.82. The summed E-state index contributed by atoms with van der Waals surface area (Å²) in [5.41, 5.74) is 1.24. The molecule has 2 heterocycles. The van der Waals surface area contributed by atoms with Gasteiger partial charge in [0.1, 0.15) is 18.0 Å². The van der Waals surface area contributed by atoms with Crippen molar-refractivity contribution in [2.45, 2.75) is 58.3 Å². The van der Waals surface area contributed by atoms with E-state index in [9.17, 15) is 19.1 Å². The minimum Gasteiger partial charge on any atom is -0.457 e. The number of halogens is 2. The van der Waals surface area contributed by atoms with E-state index in [2.05, 4.69) is 4.90 Å². The SMILES string of the molecule is C/C(=C\c1cc(F)cc(Cl)c1)[C@H]1OC(=O)C[C@H](O)CC[C@H](C)[C@@H](OC(=O)N2CCN(C)CC2)/C=C/[C@@H]1C. The minimum atomic E-state index is -0.866. The summed E-state index contributed by atoms with van der Waals surface area (Å²) in [4.78, 5) is 29.4. The zero-order valence-electron chi connectivity index (χ0n) is 22.0. The van der Waals surface area contributed by atoms with Gasteiger partial charge in [0.05, 0.1) is 12.5 Å². The smallest absolute Gasteiger partial charge is 0.410 e. The van der Waals surface area contributed by atoms with Gasteiger partial charge in [-0.25, -0.2) is 9.18 Å². The van der Waals surface area contributed by atoms with Crippen molar-refractivity contribution in [3.63, 3.8) is 0 Å². The predicted molar refractivity (Wildman–Crippen MR) is 142 cm³/mol. The van der Waals surface area contributed by atoms with Gasteiger partial charge in [-0.3, -0.25) is 4.79 Å². The summed E-state index contributed by atoms with van der Waals surface area (Å²) in [5, 5.41) is 10.7. The molecule has 204 valence electrons. The quantitative estimate of drug-likeness (QED) is 0.436. The molecule has 1 aromatic rings. The first-order valence-corrected chi connectivity index (χ1v) is 13.2. The Hall–Kier alpha value is -2.42. The number of nitrogens with zero attached hydrogens (tertiary/aromatic N) is 2. The first-order valence-electron chi connectivity index (χ1n) is 12.9. The van der Waals surface area contributed by atoms with Crippen LogP contribution in [0.3, 0.4) is 0 Å². The van der Waals surface area contributed by atoms with E-state index in [1.807, 2.05) is 33.0 Å². The lowest BCUT2D eigenvalue weighted by molar-refractivity contribution is -0.151. The molecule has 0 unspecified atom stereocenters. The van der Waals surface area contributed by atoms with Gasteiger partial charge in [-0.05, 0) is 68.1 Å². The third kappa shape index (κ3) is 8.83. The Balaban J connectivity index is 1.84. The molecular weight excluding hydrogens is 499 g/mol. The normalized spacial score (nSPS) is 29.6. The number of hydrogen-bond acceptors (Lipinski definition) is 6. The van der Waals surface area contributed by atoms with Crippen molar-refractivity contribution in [2.24, 2.45) is 11.8 Å². The first kappa shape index (κ1) is 29.1. The molecule has 1 saturated heterocycles. The van der Waals surface area contributed by atoms with E-state index in [4.69, 9.17) is 21.1 Å². The number of piperazine rings is 1. The molecule has 0 radical (unpaired) electrons. The first-order chi connectivity index (χ1) is 17.5. The second-order valence-electron chi connectivity index (χ2n) is 10.3. The van der Waals surface area contributed by atoms with E-state index in [-0.39, 0.29) is 29.4 Å². The maximum Gasteiger partial charge on any atom is 0.410 e. The number of cyclic esters (lactones) is 1. The predicted octanol–water partition coefficient (Wildman–Crippen LogP) is 4.92. The molecule has 0 saturated carbocycles. The van der Waals surface area contributed by atoms with Gasteiger partial charge in [0.25, 0.3) is 0 Å². The van der Waals surface area contributed by atoms with Crippen LogP contribution < -0.4 is 0 Å². The molecule has 1 N–H and O–H groups in total. The van der Waals surface area contributed by atoms with Gasteiger partial charge >= 0.3 is 12.1 Å². The van der Waals surface area contributed by atoms with Crippen LogP contribution in [0.2, 0.25) is 5.02 Å². The third-order valence-electron chi connectivity index (χ3n) is 6.99. The molecule has 1 aromatic carbocycles. The highest BCUT2D eigenvalue weighted by atomic mass is 35.5. The second kappa shape index (κ2) is 13.4. The van der Waals surface area contributed by atoms with Crippen molar-refractivity contribution in [1.29, 1.82) is 0 Å². The number of carbonyl (C=O) groups excluding carboxylic acids is 2. The van der Waals surface area contributed by atoms with Gasteiger partial charge in [-0.15, -0.1) is 0 Å². The molecule has 1 amide bonds. The number of aliphatic hydroxyl groups excluding tert-OH is 1. The zero-order chi connectivity index (χ0) is 27.1. The zero-order valence-corrected chi connectivity index (χ0v) is 22.8. The summed E-state index contributed by atoms with van der Waals surface area (Å²) in [5.74, 6) is -1.31. The number of ether oxygens (including phenoxy) is 2. The van der Waals surface area contributed by atoms with Crippen molar-refractivity contribution in [2.75, 3.05) is 33.2 Å². The summed E-state index contributed by atoms with van der Waals surface area (Å²) in [6.07, 6.45) is 3.92. The molecule has 37 heavy (non-hydrogen) atoms. The Bertz CT molecular complexity index is 988. The fourth-order valence-corrected chi connectivity index (χ4v) is 4.86. The van der Waals surface area contributed by atoms with Gasteiger partial charge < -0.3 is 24.4 Å². The highest BCUT2D eigenvalue weighted by Crippen LogP contribution is 2.26. The lowest BCUT2D eigenvalue weighted by atomic mass is 9.91. The minimum absolute atomic E-state index is 0.0607. The third-order valence-corrected chi connectivity index (χ3v) is 7.20. The summed E-state index contributed by atoms with van der Waals surface area (Å²) >= 11 is 6.00. The van der Waals surface area contributed by atoms with Crippen LogP contribution in [0.15, 0.2) is 35.9 Å². The van der Waals surface area contributed by atoms with E-state index in [0.717, 1.165) is 13.1 Å². The number of benzene rings is 1.